The molecule has 0 unspecified atom stereocenters. The SMILES string of the molecule is Cc1ncc(NC(=O)Nc2ccccc2-c2ccccc2)c(-c2ccccc2)n1. The van der Waals surface area contributed by atoms with Crippen LogP contribution in [0.25, 0.3) is 22.4 Å². The number of nitrogens with zero attached hydrogens (tertiary/aromatic N) is 2. The zero-order valence-electron chi connectivity index (χ0n) is 16.0. The van der Waals surface area contributed by atoms with Crippen molar-refractivity contribution in [3.63, 3.8) is 0 Å². The van der Waals surface area contributed by atoms with Crippen molar-refractivity contribution < 1.29 is 4.79 Å². The highest BCUT2D eigenvalue weighted by Crippen LogP contribution is 2.29. The van der Waals surface area contributed by atoms with Crippen molar-refractivity contribution in [2.75, 3.05) is 10.6 Å². The molecule has 1 heterocycles. The lowest BCUT2D eigenvalue weighted by atomic mass is 10.0. The van der Waals surface area contributed by atoms with Crippen LogP contribution in [-0.2, 0) is 0 Å². The van der Waals surface area contributed by atoms with Crippen molar-refractivity contribution in [3.05, 3.63) is 97.0 Å². The van der Waals surface area contributed by atoms with Gasteiger partial charge in [-0.15, -0.1) is 0 Å². The molecular formula is C24H20N4O. The highest BCUT2D eigenvalue weighted by Gasteiger charge is 2.13. The molecule has 0 saturated heterocycles. The molecule has 0 atom stereocenters. The number of carbonyl (C=O) groups excluding carboxylic acids is 1. The molecule has 0 aliphatic carbocycles. The molecule has 142 valence electrons. The number of para-hydroxylation sites is 1. The van der Waals surface area contributed by atoms with Crippen LogP contribution in [0, 0.1) is 6.92 Å². The Hall–Kier alpha value is -3.99. The first kappa shape index (κ1) is 18.4. The molecule has 4 aromatic rings. The van der Waals surface area contributed by atoms with Gasteiger partial charge in [0.1, 0.15) is 5.82 Å². The predicted molar refractivity (Wildman–Crippen MR) is 117 cm³/mol. The highest BCUT2D eigenvalue weighted by molar-refractivity contribution is 6.03. The molecule has 0 saturated carbocycles. The highest BCUT2D eigenvalue weighted by atomic mass is 16.2. The maximum Gasteiger partial charge on any atom is 0.323 e. The maximum absolute atomic E-state index is 12.8. The van der Waals surface area contributed by atoms with Gasteiger partial charge in [-0.1, -0.05) is 78.9 Å². The van der Waals surface area contributed by atoms with E-state index in [-0.39, 0.29) is 6.03 Å². The number of aromatic nitrogens is 2. The van der Waals surface area contributed by atoms with Crippen LogP contribution in [0.4, 0.5) is 16.2 Å². The van der Waals surface area contributed by atoms with E-state index >= 15 is 0 Å². The molecule has 0 spiro atoms. The monoisotopic (exact) mass is 380 g/mol. The lowest BCUT2D eigenvalue weighted by molar-refractivity contribution is 0.262. The third-order valence-corrected chi connectivity index (χ3v) is 4.46. The zero-order chi connectivity index (χ0) is 20.1. The predicted octanol–water partition coefficient (Wildman–Crippen LogP) is 5.76. The van der Waals surface area contributed by atoms with Gasteiger partial charge in [0.2, 0.25) is 0 Å². The van der Waals surface area contributed by atoms with E-state index in [1.54, 1.807) is 6.20 Å². The Labute approximate surface area is 169 Å². The quantitative estimate of drug-likeness (QED) is 0.473. The first-order chi connectivity index (χ1) is 14.2. The molecule has 1 aromatic heterocycles. The second kappa shape index (κ2) is 8.35. The first-order valence-electron chi connectivity index (χ1n) is 9.32. The maximum atomic E-state index is 12.8. The van der Waals surface area contributed by atoms with Crippen LogP contribution in [0.1, 0.15) is 5.82 Å². The summed E-state index contributed by atoms with van der Waals surface area (Å²) in [4.78, 5) is 21.5. The van der Waals surface area contributed by atoms with E-state index < -0.39 is 0 Å². The summed E-state index contributed by atoms with van der Waals surface area (Å²) >= 11 is 0. The summed E-state index contributed by atoms with van der Waals surface area (Å²) in [5, 5.41) is 5.83. The molecule has 0 aliphatic rings. The third-order valence-electron chi connectivity index (χ3n) is 4.46. The number of urea groups is 1. The summed E-state index contributed by atoms with van der Waals surface area (Å²) in [6.07, 6.45) is 1.63. The molecule has 0 aliphatic heterocycles. The summed E-state index contributed by atoms with van der Waals surface area (Å²) in [7, 11) is 0. The number of benzene rings is 3. The summed E-state index contributed by atoms with van der Waals surface area (Å²) in [5.41, 5.74) is 4.86. The van der Waals surface area contributed by atoms with E-state index in [0.717, 1.165) is 22.4 Å². The lowest BCUT2D eigenvalue weighted by Gasteiger charge is -2.14. The minimum Gasteiger partial charge on any atom is -0.307 e. The van der Waals surface area contributed by atoms with Crippen molar-refractivity contribution >= 4 is 17.4 Å². The third kappa shape index (κ3) is 4.30. The molecule has 0 fully saturated rings. The lowest BCUT2D eigenvalue weighted by Crippen LogP contribution is -2.20. The fraction of sp³-hybridized carbons (Fsp3) is 0.0417. The summed E-state index contributed by atoms with van der Waals surface area (Å²) in [5.74, 6) is 0.643. The van der Waals surface area contributed by atoms with Crippen LogP contribution in [0.3, 0.4) is 0 Å². The van der Waals surface area contributed by atoms with Gasteiger partial charge < -0.3 is 10.6 Å². The van der Waals surface area contributed by atoms with Gasteiger partial charge in [-0.2, -0.15) is 0 Å². The zero-order valence-corrected chi connectivity index (χ0v) is 16.0. The van der Waals surface area contributed by atoms with Crippen molar-refractivity contribution in [3.8, 4) is 22.4 Å². The Kier molecular flexibility index (Phi) is 5.29. The van der Waals surface area contributed by atoms with Gasteiger partial charge in [0.25, 0.3) is 0 Å². The van der Waals surface area contributed by atoms with Crippen molar-refractivity contribution in [2.24, 2.45) is 0 Å². The van der Waals surface area contributed by atoms with E-state index in [2.05, 4.69) is 20.6 Å². The number of amides is 2. The average molecular weight is 380 g/mol. The summed E-state index contributed by atoms with van der Waals surface area (Å²) < 4.78 is 0. The smallest absolute Gasteiger partial charge is 0.307 e. The summed E-state index contributed by atoms with van der Waals surface area (Å²) in [6.45, 7) is 1.83. The van der Waals surface area contributed by atoms with E-state index in [9.17, 15) is 4.79 Å². The molecule has 2 amide bonds. The van der Waals surface area contributed by atoms with Crippen molar-refractivity contribution in [2.45, 2.75) is 6.92 Å². The van der Waals surface area contributed by atoms with Gasteiger partial charge in [-0.3, -0.25) is 0 Å². The van der Waals surface area contributed by atoms with Crippen LogP contribution in [0.2, 0.25) is 0 Å². The van der Waals surface area contributed by atoms with Crippen LogP contribution in [0.15, 0.2) is 91.1 Å². The van der Waals surface area contributed by atoms with Gasteiger partial charge in [0, 0.05) is 11.1 Å². The molecule has 0 radical (unpaired) electrons. The van der Waals surface area contributed by atoms with Crippen LogP contribution >= 0.6 is 0 Å². The van der Waals surface area contributed by atoms with E-state index in [1.807, 2.05) is 91.9 Å². The van der Waals surface area contributed by atoms with Crippen LogP contribution in [-0.4, -0.2) is 16.0 Å². The van der Waals surface area contributed by atoms with Gasteiger partial charge in [-0.25, -0.2) is 14.8 Å². The number of hydrogen-bond donors (Lipinski definition) is 2. The number of hydrogen-bond acceptors (Lipinski definition) is 3. The normalized spacial score (nSPS) is 10.4. The topological polar surface area (TPSA) is 66.9 Å². The number of anilines is 2. The number of aryl methyl sites for hydroxylation is 1. The summed E-state index contributed by atoms with van der Waals surface area (Å²) in [6, 6.07) is 27.0. The minimum absolute atomic E-state index is 0.349. The van der Waals surface area contributed by atoms with E-state index in [1.165, 1.54) is 0 Å². The molecule has 3 aromatic carbocycles. The largest absolute Gasteiger partial charge is 0.323 e. The molecular weight excluding hydrogens is 360 g/mol. The Balaban J connectivity index is 1.60. The van der Waals surface area contributed by atoms with Crippen molar-refractivity contribution in [1.29, 1.82) is 0 Å². The number of nitrogens with one attached hydrogen (secondary N) is 2. The van der Waals surface area contributed by atoms with Crippen molar-refractivity contribution in [1.82, 2.24) is 9.97 Å². The van der Waals surface area contributed by atoms with E-state index in [4.69, 9.17) is 0 Å². The van der Waals surface area contributed by atoms with Crippen LogP contribution < -0.4 is 10.6 Å². The molecule has 0 bridgehead atoms. The second-order valence-electron chi connectivity index (χ2n) is 6.54. The van der Waals surface area contributed by atoms with E-state index in [0.29, 0.717) is 17.2 Å². The molecule has 2 N–H and O–H groups in total. The second-order valence-corrected chi connectivity index (χ2v) is 6.54. The van der Waals surface area contributed by atoms with Gasteiger partial charge in [0.15, 0.2) is 0 Å². The minimum atomic E-state index is -0.349. The Morgan fingerprint density at radius 1 is 0.724 bits per heavy atom. The Bertz CT molecular complexity index is 1130. The fourth-order valence-corrected chi connectivity index (χ4v) is 3.11. The molecule has 4 rings (SSSR count). The first-order valence-corrected chi connectivity index (χ1v) is 9.32. The van der Waals surface area contributed by atoms with Gasteiger partial charge in [0.05, 0.1) is 23.3 Å². The van der Waals surface area contributed by atoms with Gasteiger partial charge in [-0.05, 0) is 18.6 Å². The number of carbonyl (C=O) groups is 1. The number of rotatable bonds is 4. The standard InChI is InChI=1S/C24H20N4O/c1-17-25-16-22(23(26-17)19-12-6-3-7-13-19)28-24(29)27-21-15-9-8-14-20(21)18-10-4-2-5-11-18/h2-16H,1H3,(H2,27,28,29). The fourth-order valence-electron chi connectivity index (χ4n) is 3.11. The Morgan fingerprint density at radius 2 is 1.31 bits per heavy atom. The Morgan fingerprint density at radius 3 is 2.03 bits per heavy atom. The van der Waals surface area contributed by atoms with Crippen LogP contribution in [0.5, 0.6) is 0 Å². The molecule has 5 heteroatoms. The molecule has 29 heavy (non-hydrogen) atoms. The average Bonchev–Trinajstić information content (AvgIpc) is 2.76. The molecule has 5 nitrogen and oxygen atoms in total. The van der Waals surface area contributed by atoms with Gasteiger partial charge >= 0.3 is 6.03 Å².